The number of cyclic esters (lactones) is 1. The van der Waals surface area contributed by atoms with E-state index in [4.69, 9.17) is 0 Å². The Labute approximate surface area is 94.9 Å². The first-order valence-electron chi connectivity index (χ1n) is 4.84. The van der Waals surface area contributed by atoms with Crippen molar-refractivity contribution < 1.29 is 22.7 Å². The highest BCUT2D eigenvalue weighted by Gasteiger charge is 2.30. The number of rotatable bonds is 1. The van der Waals surface area contributed by atoms with Crippen molar-refractivity contribution in [1.29, 1.82) is 0 Å². The Morgan fingerprint density at radius 1 is 1.29 bits per heavy atom. The predicted octanol–water partition coefficient (Wildman–Crippen LogP) is 2.72. The second kappa shape index (κ2) is 4.20. The number of hydrogen-bond donors (Lipinski definition) is 0. The third-order valence-corrected chi connectivity index (χ3v) is 2.21. The minimum Gasteiger partial charge on any atom is -0.459 e. The highest BCUT2D eigenvalue weighted by molar-refractivity contribution is 6.05. The van der Waals surface area contributed by atoms with Gasteiger partial charge in [0.2, 0.25) is 0 Å². The van der Waals surface area contributed by atoms with Gasteiger partial charge in [0.25, 0.3) is 0 Å². The van der Waals surface area contributed by atoms with Crippen LogP contribution in [0.4, 0.5) is 18.9 Å². The van der Waals surface area contributed by atoms with Gasteiger partial charge in [-0.25, -0.2) is 0 Å². The summed E-state index contributed by atoms with van der Waals surface area (Å²) in [5.41, 5.74) is -0.146. The summed E-state index contributed by atoms with van der Waals surface area (Å²) in [5, 5.41) is 0. The van der Waals surface area contributed by atoms with Gasteiger partial charge >= 0.3 is 12.1 Å². The maximum Gasteiger partial charge on any atom is 0.416 e. The molecule has 1 aliphatic heterocycles. The molecule has 0 bridgehead atoms. The van der Waals surface area contributed by atoms with E-state index in [0.717, 1.165) is 12.1 Å². The maximum atomic E-state index is 12.4. The number of hydrogen-bond acceptors (Lipinski definition) is 3. The first-order chi connectivity index (χ1) is 7.95. The van der Waals surface area contributed by atoms with Crippen molar-refractivity contribution in [3.05, 3.63) is 29.8 Å². The molecular weight excluding hydrogens is 235 g/mol. The van der Waals surface area contributed by atoms with Gasteiger partial charge in [-0.15, -0.1) is 0 Å². The molecule has 0 aromatic heterocycles. The van der Waals surface area contributed by atoms with Crippen molar-refractivity contribution in [2.24, 2.45) is 4.99 Å². The minimum atomic E-state index is -4.39. The maximum absolute atomic E-state index is 12.4. The number of ether oxygens (including phenoxy) is 1. The lowest BCUT2D eigenvalue weighted by molar-refractivity contribution is -0.138. The number of esters is 1. The first kappa shape index (κ1) is 11.6. The normalized spacial score (nSPS) is 18.5. The smallest absolute Gasteiger partial charge is 0.416 e. The highest BCUT2D eigenvalue weighted by Crippen LogP contribution is 2.31. The lowest BCUT2D eigenvalue weighted by Crippen LogP contribution is -2.04. The van der Waals surface area contributed by atoms with Crippen molar-refractivity contribution in [2.45, 2.75) is 12.6 Å². The molecule has 1 aromatic rings. The van der Waals surface area contributed by atoms with E-state index >= 15 is 0 Å². The molecule has 0 atom stereocenters. The molecule has 0 saturated carbocycles. The number of alkyl halides is 3. The fourth-order valence-corrected chi connectivity index (χ4v) is 1.44. The van der Waals surface area contributed by atoms with Crippen LogP contribution in [0.3, 0.4) is 0 Å². The van der Waals surface area contributed by atoms with Gasteiger partial charge in [-0.05, 0) is 18.2 Å². The number of aliphatic imine (C=N–C) groups is 1. The molecule has 0 radical (unpaired) electrons. The van der Waals surface area contributed by atoms with E-state index < -0.39 is 17.7 Å². The highest BCUT2D eigenvalue weighted by atomic mass is 19.4. The minimum absolute atomic E-state index is 0.0379. The Morgan fingerprint density at radius 3 is 2.65 bits per heavy atom. The molecule has 0 aliphatic carbocycles. The van der Waals surface area contributed by atoms with E-state index in [9.17, 15) is 18.0 Å². The van der Waals surface area contributed by atoms with Crippen LogP contribution in [0.25, 0.3) is 0 Å². The third kappa shape index (κ3) is 2.83. The van der Waals surface area contributed by atoms with Crippen LogP contribution in [-0.4, -0.2) is 18.3 Å². The van der Waals surface area contributed by atoms with Crippen molar-refractivity contribution in [3.8, 4) is 0 Å². The molecule has 1 fully saturated rings. The summed E-state index contributed by atoms with van der Waals surface area (Å²) in [5.74, 6) is -0.407. The Bertz CT molecular complexity index is 480. The molecular formula is C11H8F3NO2. The standard InChI is InChI=1S/C11H8F3NO2/c12-11(13,14)7-2-1-3-8(4-7)15-9-5-10(16)17-6-9/h1-4H,5-6H2. The number of nitrogens with zero attached hydrogens (tertiary/aromatic N) is 1. The van der Waals surface area contributed by atoms with Crippen LogP contribution < -0.4 is 0 Å². The summed E-state index contributed by atoms with van der Waals surface area (Å²) in [6.45, 7) is 0.0507. The van der Waals surface area contributed by atoms with Crippen LogP contribution in [0, 0.1) is 0 Å². The second-order valence-corrected chi connectivity index (χ2v) is 3.56. The molecule has 90 valence electrons. The fraction of sp³-hybridized carbons (Fsp3) is 0.273. The molecule has 1 aliphatic rings. The summed E-state index contributed by atoms with van der Waals surface area (Å²) < 4.78 is 41.9. The van der Waals surface area contributed by atoms with E-state index in [2.05, 4.69) is 9.73 Å². The lowest BCUT2D eigenvalue weighted by atomic mass is 10.2. The number of halogens is 3. The van der Waals surface area contributed by atoms with Crippen molar-refractivity contribution >= 4 is 17.4 Å². The summed E-state index contributed by atoms with van der Waals surface area (Å²) in [6.07, 6.45) is -4.35. The Kier molecular flexibility index (Phi) is 2.87. The van der Waals surface area contributed by atoms with E-state index in [-0.39, 0.29) is 18.7 Å². The van der Waals surface area contributed by atoms with E-state index in [0.29, 0.717) is 5.71 Å². The van der Waals surface area contributed by atoms with Crippen LogP contribution in [0.15, 0.2) is 29.3 Å². The van der Waals surface area contributed by atoms with Gasteiger partial charge in [0.05, 0.1) is 23.4 Å². The third-order valence-electron chi connectivity index (χ3n) is 2.21. The van der Waals surface area contributed by atoms with Gasteiger partial charge in [-0.1, -0.05) is 6.07 Å². The molecule has 1 aromatic carbocycles. The first-order valence-corrected chi connectivity index (χ1v) is 4.84. The van der Waals surface area contributed by atoms with E-state index in [1.807, 2.05) is 0 Å². The van der Waals surface area contributed by atoms with Gasteiger partial charge in [-0.3, -0.25) is 9.79 Å². The lowest BCUT2D eigenvalue weighted by Gasteiger charge is -2.06. The van der Waals surface area contributed by atoms with Gasteiger partial charge in [-0.2, -0.15) is 13.2 Å². The quantitative estimate of drug-likeness (QED) is 0.711. The molecule has 0 N–H and O–H groups in total. The zero-order valence-corrected chi connectivity index (χ0v) is 8.62. The summed E-state index contributed by atoms with van der Waals surface area (Å²) >= 11 is 0. The molecule has 6 heteroatoms. The van der Waals surface area contributed by atoms with E-state index in [1.165, 1.54) is 12.1 Å². The number of benzene rings is 1. The molecule has 0 amide bonds. The number of carbonyl (C=O) groups excluding carboxylic acids is 1. The average molecular weight is 243 g/mol. The molecule has 0 spiro atoms. The average Bonchev–Trinajstić information content (AvgIpc) is 2.63. The van der Waals surface area contributed by atoms with Crippen molar-refractivity contribution in [1.82, 2.24) is 0 Å². The zero-order valence-electron chi connectivity index (χ0n) is 8.62. The van der Waals surface area contributed by atoms with Gasteiger partial charge in [0.15, 0.2) is 0 Å². The molecule has 3 nitrogen and oxygen atoms in total. The largest absolute Gasteiger partial charge is 0.459 e. The summed E-state index contributed by atoms with van der Waals surface area (Å²) in [4.78, 5) is 14.7. The second-order valence-electron chi connectivity index (χ2n) is 3.56. The molecule has 17 heavy (non-hydrogen) atoms. The van der Waals surface area contributed by atoms with Gasteiger partial charge in [0.1, 0.15) is 6.61 Å². The predicted molar refractivity (Wildman–Crippen MR) is 54.1 cm³/mol. The van der Waals surface area contributed by atoms with E-state index in [1.54, 1.807) is 0 Å². The van der Waals surface area contributed by atoms with Crippen molar-refractivity contribution in [3.63, 3.8) is 0 Å². The summed E-state index contributed by atoms with van der Waals surface area (Å²) in [7, 11) is 0. The molecule has 1 saturated heterocycles. The van der Waals surface area contributed by atoms with Crippen LogP contribution >= 0.6 is 0 Å². The van der Waals surface area contributed by atoms with Crippen LogP contribution in [0.5, 0.6) is 0 Å². The van der Waals surface area contributed by atoms with Crippen LogP contribution in [0.1, 0.15) is 12.0 Å². The summed E-state index contributed by atoms with van der Waals surface area (Å²) in [6, 6.07) is 4.64. The monoisotopic (exact) mass is 243 g/mol. The molecule has 0 unspecified atom stereocenters. The zero-order chi connectivity index (χ0) is 12.5. The topological polar surface area (TPSA) is 38.7 Å². The van der Waals surface area contributed by atoms with Crippen LogP contribution in [-0.2, 0) is 15.7 Å². The molecule has 1 heterocycles. The Balaban J connectivity index is 2.25. The SMILES string of the molecule is O=C1CC(=Nc2cccc(C(F)(F)F)c2)CO1. The van der Waals surface area contributed by atoms with Crippen molar-refractivity contribution in [2.75, 3.05) is 6.61 Å². The fourth-order valence-electron chi connectivity index (χ4n) is 1.44. The van der Waals surface area contributed by atoms with Gasteiger partial charge in [0, 0.05) is 0 Å². The Hall–Kier alpha value is -1.85. The van der Waals surface area contributed by atoms with Gasteiger partial charge < -0.3 is 4.74 Å². The van der Waals surface area contributed by atoms with Crippen LogP contribution in [0.2, 0.25) is 0 Å². The molecule has 2 rings (SSSR count). The number of carbonyl (C=O) groups is 1. The Morgan fingerprint density at radius 2 is 2.06 bits per heavy atom.